The summed E-state index contributed by atoms with van der Waals surface area (Å²) in [5.41, 5.74) is 1.80. The number of hydrogen-bond donors (Lipinski definition) is 0. The molecular formula is C16H17FN2OS2. The average molecular weight is 336 g/mol. The van der Waals surface area contributed by atoms with Crippen LogP contribution in [0.15, 0.2) is 24.3 Å². The highest BCUT2D eigenvalue weighted by molar-refractivity contribution is 7.99. The molecule has 22 heavy (non-hydrogen) atoms. The van der Waals surface area contributed by atoms with Crippen molar-refractivity contribution in [3.05, 3.63) is 51.2 Å². The third kappa shape index (κ3) is 3.50. The maximum atomic E-state index is 12.9. The first-order chi connectivity index (χ1) is 10.6. The highest BCUT2D eigenvalue weighted by atomic mass is 32.2. The Balaban J connectivity index is 1.75. The minimum absolute atomic E-state index is 0.0978. The molecule has 6 heteroatoms. The summed E-state index contributed by atoms with van der Waals surface area (Å²) in [5, 5.41) is 0.902. The van der Waals surface area contributed by atoms with E-state index in [4.69, 9.17) is 0 Å². The first-order valence-corrected chi connectivity index (χ1v) is 9.18. The number of thiazole rings is 1. The van der Waals surface area contributed by atoms with Gasteiger partial charge in [0, 0.05) is 31.0 Å². The van der Waals surface area contributed by atoms with Crippen molar-refractivity contribution < 1.29 is 9.18 Å². The van der Waals surface area contributed by atoms with Gasteiger partial charge < -0.3 is 4.90 Å². The zero-order valence-corrected chi connectivity index (χ0v) is 14.0. The monoisotopic (exact) mass is 336 g/mol. The van der Waals surface area contributed by atoms with Gasteiger partial charge in [0.2, 0.25) is 0 Å². The van der Waals surface area contributed by atoms with Crippen molar-refractivity contribution in [2.45, 2.75) is 13.3 Å². The Bertz CT molecular complexity index is 663. The van der Waals surface area contributed by atoms with Gasteiger partial charge in [0.25, 0.3) is 5.91 Å². The van der Waals surface area contributed by atoms with Crippen molar-refractivity contribution in [3.63, 3.8) is 0 Å². The van der Waals surface area contributed by atoms with E-state index in [-0.39, 0.29) is 11.7 Å². The molecule has 0 unspecified atom stereocenters. The van der Waals surface area contributed by atoms with Crippen molar-refractivity contribution in [2.24, 2.45) is 0 Å². The van der Waals surface area contributed by atoms with E-state index in [0.717, 1.165) is 45.7 Å². The Morgan fingerprint density at radius 3 is 2.64 bits per heavy atom. The van der Waals surface area contributed by atoms with Crippen LogP contribution in [0.5, 0.6) is 0 Å². The minimum atomic E-state index is -0.238. The minimum Gasteiger partial charge on any atom is -0.336 e. The lowest BCUT2D eigenvalue weighted by molar-refractivity contribution is 0.0776. The van der Waals surface area contributed by atoms with E-state index in [2.05, 4.69) is 4.98 Å². The number of carbonyl (C=O) groups excluding carboxylic acids is 1. The number of rotatable bonds is 3. The van der Waals surface area contributed by atoms with Crippen LogP contribution in [-0.4, -0.2) is 40.4 Å². The van der Waals surface area contributed by atoms with Crippen LogP contribution in [0.2, 0.25) is 0 Å². The summed E-state index contributed by atoms with van der Waals surface area (Å²) in [7, 11) is 0. The van der Waals surface area contributed by atoms with Gasteiger partial charge >= 0.3 is 0 Å². The molecule has 0 spiro atoms. The van der Waals surface area contributed by atoms with Gasteiger partial charge in [0.05, 0.1) is 10.7 Å². The third-order valence-electron chi connectivity index (χ3n) is 3.60. The maximum absolute atomic E-state index is 12.9. The number of amides is 1. The zero-order chi connectivity index (χ0) is 15.5. The van der Waals surface area contributed by atoms with E-state index in [1.54, 1.807) is 12.1 Å². The van der Waals surface area contributed by atoms with E-state index >= 15 is 0 Å². The molecule has 1 aliphatic heterocycles. The molecule has 1 aliphatic rings. The number of aryl methyl sites for hydroxylation is 1. The third-order valence-corrected chi connectivity index (χ3v) is 5.69. The Hall–Kier alpha value is -1.40. The topological polar surface area (TPSA) is 33.2 Å². The van der Waals surface area contributed by atoms with Crippen LogP contribution in [0.4, 0.5) is 4.39 Å². The largest absolute Gasteiger partial charge is 0.336 e. The second kappa shape index (κ2) is 6.79. The molecule has 0 bridgehead atoms. The second-order valence-electron chi connectivity index (χ2n) is 5.23. The molecule has 2 aromatic rings. The second-order valence-corrected chi connectivity index (χ2v) is 7.54. The number of halogens is 1. The smallest absolute Gasteiger partial charge is 0.265 e. The fraction of sp³-hybridized carbons (Fsp3) is 0.375. The molecule has 1 fully saturated rings. The first kappa shape index (κ1) is 15.5. The predicted octanol–water partition coefficient (Wildman–Crippen LogP) is 3.37. The van der Waals surface area contributed by atoms with Gasteiger partial charge in [-0.15, -0.1) is 11.3 Å². The number of hydrogen-bond acceptors (Lipinski definition) is 4. The van der Waals surface area contributed by atoms with E-state index in [9.17, 15) is 9.18 Å². The van der Waals surface area contributed by atoms with Gasteiger partial charge in [-0.05, 0) is 24.6 Å². The normalized spacial score (nSPS) is 15.1. The Kier molecular flexibility index (Phi) is 4.78. The van der Waals surface area contributed by atoms with E-state index in [1.807, 2.05) is 23.6 Å². The van der Waals surface area contributed by atoms with Crippen LogP contribution in [-0.2, 0) is 6.42 Å². The highest BCUT2D eigenvalue weighted by Crippen LogP contribution is 2.23. The molecule has 0 atom stereocenters. The fourth-order valence-electron chi connectivity index (χ4n) is 2.41. The summed E-state index contributed by atoms with van der Waals surface area (Å²) in [4.78, 5) is 19.7. The average Bonchev–Trinajstić information content (AvgIpc) is 2.90. The first-order valence-electron chi connectivity index (χ1n) is 7.21. The van der Waals surface area contributed by atoms with Crippen LogP contribution < -0.4 is 0 Å². The van der Waals surface area contributed by atoms with E-state index in [0.29, 0.717) is 6.42 Å². The summed E-state index contributed by atoms with van der Waals surface area (Å²) < 4.78 is 12.9. The van der Waals surface area contributed by atoms with Crippen molar-refractivity contribution >= 4 is 29.0 Å². The quantitative estimate of drug-likeness (QED) is 0.862. The molecule has 1 aromatic heterocycles. The van der Waals surface area contributed by atoms with E-state index < -0.39 is 0 Å². The number of aromatic nitrogens is 1. The van der Waals surface area contributed by atoms with Crippen molar-refractivity contribution in [2.75, 3.05) is 24.6 Å². The Morgan fingerprint density at radius 2 is 1.95 bits per heavy atom. The SMILES string of the molecule is Cc1nc(Cc2ccc(F)cc2)sc1C(=O)N1CCSCC1. The zero-order valence-electron chi connectivity index (χ0n) is 12.3. The van der Waals surface area contributed by atoms with Crippen LogP contribution in [0.25, 0.3) is 0 Å². The molecule has 0 aliphatic carbocycles. The van der Waals surface area contributed by atoms with Crippen molar-refractivity contribution in [3.8, 4) is 0 Å². The van der Waals surface area contributed by atoms with Crippen molar-refractivity contribution in [1.29, 1.82) is 0 Å². The molecule has 0 N–H and O–H groups in total. The molecule has 0 saturated carbocycles. The number of benzene rings is 1. The van der Waals surface area contributed by atoms with Crippen molar-refractivity contribution in [1.82, 2.24) is 9.88 Å². The fourth-order valence-corrected chi connectivity index (χ4v) is 4.38. The van der Waals surface area contributed by atoms with Gasteiger partial charge in [-0.1, -0.05) is 12.1 Å². The molecule has 3 nitrogen and oxygen atoms in total. The van der Waals surface area contributed by atoms with Gasteiger partial charge in [-0.2, -0.15) is 11.8 Å². The summed E-state index contributed by atoms with van der Waals surface area (Å²) in [5.74, 6) is 1.87. The molecule has 1 amide bonds. The summed E-state index contributed by atoms with van der Waals surface area (Å²) in [6.45, 7) is 3.51. The molecule has 2 heterocycles. The molecule has 1 aromatic carbocycles. The van der Waals surface area contributed by atoms with Crippen LogP contribution in [0, 0.1) is 12.7 Å². The van der Waals surface area contributed by atoms with Gasteiger partial charge in [-0.3, -0.25) is 4.79 Å². The Labute approximate surface area is 137 Å². The lowest BCUT2D eigenvalue weighted by Gasteiger charge is -2.25. The highest BCUT2D eigenvalue weighted by Gasteiger charge is 2.23. The standard InChI is InChI=1S/C16H17FN2OS2/c1-11-15(16(20)19-6-8-21-9-7-19)22-14(18-11)10-12-2-4-13(17)5-3-12/h2-5H,6-10H2,1H3. The molecule has 0 radical (unpaired) electrons. The number of nitrogens with zero attached hydrogens (tertiary/aromatic N) is 2. The molecule has 3 rings (SSSR count). The molecule has 1 saturated heterocycles. The molecular weight excluding hydrogens is 319 g/mol. The van der Waals surface area contributed by atoms with Crippen LogP contribution in [0.1, 0.15) is 25.9 Å². The molecule has 116 valence electrons. The summed E-state index contributed by atoms with van der Waals surface area (Å²) in [6, 6.07) is 6.42. The maximum Gasteiger partial charge on any atom is 0.265 e. The van der Waals surface area contributed by atoms with E-state index in [1.165, 1.54) is 23.5 Å². The number of carbonyl (C=O) groups is 1. The van der Waals surface area contributed by atoms with Crippen LogP contribution >= 0.6 is 23.1 Å². The predicted molar refractivity (Wildman–Crippen MR) is 89.3 cm³/mol. The van der Waals surface area contributed by atoms with Gasteiger partial charge in [0.15, 0.2) is 0 Å². The van der Waals surface area contributed by atoms with Crippen LogP contribution in [0.3, 0.4) is 0 Å². The van der Waals surface area contributed by atoms with Gasteiger partial charge in [-0.25, -0.2) is 9.37 Å². The summed E-state index contributed by atoms with van der Waals surface area (Å²) >= 11 is 3.34. The summed E-state index contributed by atoms with van der Waals surface area (Å²) in [6.07, 6.45) is 0.634. The lowest BCUT2D eigenvalue weighted by Crippen LogP contribution is -2.37. The number of thioether (sulfide) groups is 1. The van der Waals surface area contributed by atoms with Gasteiger partial charge in [0.1, 0.15) is 10.7 Å². The Morgan fingerprint density at radius 1 is 1.27 bits per heavy atom. The lowest BCUT2D eigenvalue weighted by atomic mass is 10.1.